The maximum Gasteiger partial charge on any atom is 0.241 e. The van der Waals surface area contributed by atoms with E-state index in [0.29, 0.717) is 13.2 Å². The van der Waals surface area contributed by atoms with Gasteiger partial charge in [0.05, 0.1) is 6.61 Å². The van der Waals surface area contributed by atoms with E-state index in [1.165, 1.54) is 0 Å². The Labute approximate surface area is 114 Å². The first-order valence-electron chi connectivity index (χ1n) is 6.41. The highest BCUT2D eigenvalue weighted by Crippen LogP contribution is 2.08. The van der Waals surface area contributed by atoms with Crippen LogP contribution in [0.2, 0.25) is 0 Å². The lowest BCUT2D eigenvalue weighted by Gasteiger charge is -2.17. The molecule has 19 heavy (non-hydrogen) atoms. The molecule has 1 aromatic rings. The van der Waals surface area contributed by atoms with Gasteiger partial charge in [0.25, 0.3) is 0 Å². The Bertz CT molecular complexity index is 370. The number of nitrogens with zero attached hydrogens (tertiary/aromatic N) is 1. The van der Waals surface area contributed by atoms with E-state index in [4.69, 9.17) is 10.5 Å². The summed E-state index contributed by atoms with van der Waals surface area (Å²) in [6, 6.07) is 8.76. The van der Waals surface area contributed by atoms with Crippen LogP contribution in [0.3, 0.4) is 0 Å². The molecule has 0 radical (unpaired) electrons. The van der Waals surface area contributed by atoms with Crippen molar-refractivity contribution < 1.29 is 9.53 Å². The van der Waals surface area contributed by atoms with Crippen LogP contribution in [0.25, 0.3) is 0 Å². The fourth-order valence-electron chi connectivity index (χ4n) is 1.65. The van der Waals surface area contributed by atoms with Crippen molar-refractivity contribution >= 4 is 5.91 Å². The molecule has 0 saturated carbocycles. The van der Waals surface area contributed by atoms with Crippen molar-refractivity contribution in [2.45, 2.75) is 6.04 Å². The number of hydrogen-bond acceptors (Lipinski definition) is 4. The largest absolute Gasteiger partial charge is 0.383 e. The van der Waals surface area contributed by atoms with Crippen LogP contribution in [0, 0.1) is 0 Å². The number of hydrogen-bond donors (Lipinski definition) is 2. The molecule has 0 spiro atoms. The van der Waals surface area contributed by atoms with Gasteiger partial charge in [0, 0.05) is 26.7 Å². The molecule has 0 aliphatic rings. The second-order valence-electron chi connectivity index (χ2n) is 4.48. The van der Waals surface area contributed by atoms with Crippen molar-refractivity contribution in [3.05, 3.63) is 35.9 Å². The van der Waals surface area contributed by atoms with E-state index in [9.17, 15) is 4.79 Å². The summed E-state index contributed by atoms with van der Waals surface area (Å²) >= 11 is 0. The average Bonchev–Trinajstić information content (AvgIpc) is 2.45. The van der Waals surface area contributed by atoms with E-state index < -0.39 is 6.04 Å². The van der Waals surface area contributed by atoms with Crippen LogP contribution in [-0.2, 0) is 9.53 Å². The number of nitrogens with one attached hydrogen (secondary N) is 1. The van der Waals surface area contributed by atoms with Crippen LogP contribution in [0.5, 0.6) is 0 Å². The number of amides is 1. The Balaban J connectivity index is 2.28. The Morgan fingerprint density at radius 1 is 1.37 bits per heavy atom. The van der Waals surface area contributed by atoms with Gasteiger partial charge in [0.15, 0.2) is 0 Å². The molecular formula is C14H23N3O2. The van der Waals surface area contributed by atoms with Gasteiger partial charge in [-0.15, -0.1) is 0 Å². The summed E-state index contributed by atoms with van der Waals surface area (Å²) in [5.41, 5.74) is 6.72. The van der Waals surface area contributed by atoms with E-state index in [-0.39, 0.29) is 5.91 Å². The third kappa shape index (κ3) is 5.83. The summed E-state index contributed by atoms with van der Waals surface area (Å²) in [4.78, 5) is 14.0. The van der Waals surface area contributed by atoms with Crippen molar-refractivity contribution in [3.8, 4) is 0 Å². The molecule has 0 saturated heterocycles. The van der Waals surface area contributed by atoms with Gasteiger partial charge in [-0.2, -0.15) is 0 Å². The van der Waals surface area contributed by atoms with Crippen LogP contribution in [0.15, 0.2) is 30.3 Å². The predicted molar refractivity (Wildman–Crippen MR) is 75.8 cm³/mol. The van der Waals surface area contributed by atoms with Crippen LogP contribution in [0.4, 0.5) is 0 Å². The van der Waals surface area contributed by atoms with Gasteiger partial charge >= 0.3 is 0 Å². The topological polar surface area (TPSA) is 67.6 Å². The molecule has 0 aromatic heterocycles. The number of methoxy groups -OCH3 is 1. The normalized spacial score (nSPS) is 12.4. The van der Waals surface area contributed by atoms with E-state index >= 15 is 0 Å². The van der Waals surface area contributed by atoms with Crippen LogP contribution < -0.4 is 11.1 Å². The van der Waals surface area contributed by atoms with Crippen molar-refractivity contribution in [2.75, 3.05) is 40.4 Å². The summed E-state index contributed by atoms with van der Waals surface area (Å²) < 4.78 is 4.99. The molecule has 106 valence electrons. The number of carbonyl (C=O) groups is 1. The molecule has 1 unspecified atom stereocenters. The zero-order valence-electron chi connectivity index (χ0n) is 11.6. The number of nitrogens with two attached hydrogens (primary N) is 1. The second kappa shape index (κ2) is 8.63. The first-order chi connectivity index (χ1) is 9.15. The highest BCUT2D eigenvalue weighted by molar-refractivity contribution is 5.82. The van der Waals surface area contributed by atoms with Gasteiger partial charge in [-0.05, 0) is 12.6 Å². The molecule has 1 atom stereocenters. The Hall–Kier alpha value is -1.43. The lowest BCUT2D eigenvalue weighted by atomic mass is 10.1. The highest BCUT2D eigenvalue weighted by Gasteiger charge is 2.14. The molecule has 1 rings (SSSR count). The van der Waals surface area contributed by atoms with E-state index in [0.717, 1.165) is 18.7 Å². The summed E-state index contributed by atoms with van der Waals surface area (Å²) in [5, 5.41) is 2.84. The Kier molecular flexibility index (Phi) is 7.10. The Morgan fingerprint density at radius 2 is 2.05 bits per heavy atom. The van der Waals surface area contributed by atoms with E-state index in [1.807, 2.05) is 37.4 Å². The number of benzene rings is 1. The SMILES string of the molecule is COCCN(C)CCNC(=O)C(N)c1ccccc1. The molecule has 0 bridgehead atoms. The zero-order chi connectivity index (χ0) is 14.1. The summed E-state index contributed by atoms with van der Waals surface area (Å²) in [7, 11) is 3.66. The highest BCUT2D eigenvalue weighted by atomic mass is 16.5. The predicted octanol–water partition coefficient (Wildman–Crippen LogP) is 0.381. The molecule has 0 fully saturated rings. The van der Waals surface area contributed by atoms with Crippen molar-refractivity contribution in [1.29, 1.82) is 0 Å². The first kappa shape index (κ1) is 15.6. The molecule has 5 nitrogen and oxygen atoms in total. The van der Waals surface area contributed by atoms with Gasteiger partial charge in [0.1, 0.15) is 6.04 Å². The van der Waals surface area contributed by atoms with Gasteiger partial charge in [0.2, 0.25) is 5.91 Å². The van der Waals surface area contributed by atoms with Crippen LogP contribution in [0.1, 0.15) is 11.6 Å². The minimum Gasteiger partial charge on any atom is -0.383 e. The van der Waals surface area contributed by atoms with Crippen molar-refractivity contribution in [2.24, 2.45) is 5.73 Å². The summed E-state index contributed by atoms with van der Waals surface area (Å²) in [6.45, 7) is 2.89. The molecule has 0 heterocycles. The zero-order valence-corrected chi connectivity index (χ0v) is 11.6. The smallest absolute Gasteiger partial charge is 0.241 e. The first-order valence-corrected chi connectivity index (χ1v) is 6.41. The van der Waals surface area contributed by atoms with Gasteiger partial charge in [-0.1, -0.05) is 30.3 Å². The summed E-state index contributed by atoms with van der Waals surface area (Å²) in [5.74, 6) is -0.147. The monoisotopic (exact) mass is 265 g/mol. The standard InChI is InChI=1S/C14H23N3O2/c1-17(10-11-19-2)9-8-16-14(18)13(15)12-6-4-3-5-7-12/h3-7,13H,8-11,15H2,1-2H3,(H,16,18). The average molecular weight is 265 g/mol. The molecule has 0 aliphatic carbocycles. The molecule has 3 N–H and O–H groups in total. The van der Waals surface area contributed by atoms with Gasteiger partial charge in [-0.3, -0.25) is 4.79 Å². The second-order valence-corrected chi connectivity index (χ2v) is 4.48. The number of carbonyl (C=O) groups excluding carboxylic acids is 1. The maximum absolute atomic E-state index is 11.9. The molecule has 0 aliphatic heterocycles. The molecular weight excluding hydrogens is 242 g/mol. The third-order valence-electron chi connectivity index (χ3n) is 2.91. The van der Waals surface area contributed by atoms with Crippen molar-refractivity contribution in [1.82, 2.24) is 10.2 Å². The lowest BCUT2D eigenvalue weighted by Crippen LogP contribution is -2.39. The van der Waals surface area contributed by atoms with Gasteiger partial charge < -0.3 is 20.7 Å². The number of ether oxygens (including phenoxy) is 1. The van der Waals surface area contributed by atoms with Crippen LogP contribution >= 0.6 is 0 Å². The Morgan fingerprint density at radius 3 is 2.68 bits per heavy atom. The molecule has 5 heteroatoms. The molecule has 1 aromatic carbocycles. The minimum absolute atomic E-state index is 0.147. The van der Waals surface area contributed by atoms with Gasteiger partial charge in [-0.25, -0.2) is 0 Å². The number of rotatable bonds is 8. The minimum atomic E-state index is -0.606. The fourth-order valence-corrected chi connectivity index (χ4v) is 1.65. The van der Waals surface area contributed by atoms with E-state index in [2.05, 4.69) is 10.2 Å². The maximum atomic E-state index is 11.9. The molecule has 1 amide bonds. The van der Waals surface area contributed by atoms with Crippen molar-refractivity contribution in [3.63, 3.8) is 0 Å². The fraction of sp³-hybridized carbons (Fsp3) is 0.500. The summed E-state index contributed by atoms with van der Waals surface area (Å²) in [6.07, 6.45) is 0. The van der Waals surface area contributed by atoms with Crippen LogP contribution in [-0.4, -0.2) is 51.2 Å². The quantitative estimate of drug-likeness (QED) is 0.713. The van der Waals surface area contributed by atoms with E-state index in [1.54, 1.807) is 7.11 Å². The third-order valence-corrected chi connectivity index (χ3v) is 2.91. The number of likely N-dealkylation sites (N-methyl/N-ethyl adjacent to an activating group) is 1. The lowest BCUT2D eigenvalue weighted by molar-refractivity contribution is -0.122.